The van der Waals surface area contributed by atoms with E-state index in [9.17, 15) is 14.0 Å². The molecule has 1 N–H and O–H groups in total. The van der Waals surface area contributed by atoms with Crippen LogP contribution >= 0.6 is 0 Å². The average molecular weight is 729 g/mol. The minimum atomic E-state index is -0.878. The van der Waals surface area contributed by atoms with Gasteiger partial charge in [0, 0.05) is 56.7 Å². The van der Waals surface area contributed by atoms with Crippen LogP contribution in [0.5, 0.6) is 34.6 Å². The van der Waals surface area contributed by atoms with Crippen molar-refractivity contribution in [2.75, 3.05) is 71.5 Å². The standard InChI is InChI=1S/C38H38F2N6O7/c1-3-49-37-33(38(48)46(23-42-37)26-8-5-24(39)6-9-26)36(47)43-25-7-10-29(27(40)21-25)53-30-11-12-41-28-22-31(34-35(32(28)30)52-20-19-51-34)50-18-4-13-45-16-14-44(2)15-17-45/h5-12,21-23H,3-4,13-20H2,1-2H3,(H,43,47). The SMILES string of the molecule is CCOc1ncn(-c2ccc(F)cc2)c(=O)c1C(=O)Nc1ccc(Oc2ccnc3cc(OCCCN4CCN(C)CC4)c4c(c23)OCCO4)c(F)c1. The van der Waals surface area contributed by atoms with Gasteiger partial charge in [-0.15, -0.1) is 0 Å². The van der Waals surface area contributed by atoms with E-state index in [1.54, 1.807) is 25.3 Å². The van der Waals surface area contributed by atoms with Crippen LogP contribution in [0.15, 0.2) is 71.9 Å². The number of nitrogens with one attached hydrogen (secondary N) is 1. The van der Waals surface area contributed by atoms with Crippen LogP contribution in [0.3, 0.4) is 0 Å². The number of benzene rings is 3. The van der Waals surface area contributed by atoms with Crippen LogP contribution in [0.25, 0.3) is 16.6 Å². The summed E-state index contributed by atoms with van der Waals surface area (Å²) in [6.07, 6.45) is 3.57. The van der Waals surface area contributed by atoms with Crippen LogP contribution in [0.2, 0.25) is 0 Å². The molecule has 2 aromatic heterocycles. The Morgan fingerprint density at radius 2 is 1.68 bits per heavy atom. The van der Waals surface area contributed by atoms with E-state index in [0.29, 0.717) is 48.0 Å². The molecular weight excluding hydrogens is 690 g/mol. The molecule has 5 aromatic rings. The van der Waals surface area contributed by atoms with Crippen molar-refractivity contribution < 1.29 is 37.3 Å². The number of aromatic nitrogens is 3. The summed E-state index contributed by atoms with van der Waals surface area (Å²) in [4.78, 5) is 40.2. The normalized spacial score (nSPS) is 14.6. The first kappa shape index (κ1) is 35.6. The quantitative estimate of drug-likeness (QED) is 0.168. The number of hydrogen-bond donors (Lipinski definition) is 1. The van der Waals surface area contributed by atoms with Gasteiger partial charge in [0.05, 0.1) is 29.8 Å². The predicted molar refractivity (Wildman–Crippen MR) is 192 cm³/mol. The molecule has 0 unspecified atom stereocenters. The molecule has 0 aliphatic carbocycles. The van der Waals surface area contributed by atoms with Crippen molar-refractivity contribution >= 4 is 22.5 Å². The Morgan fingerprint density at radius 3 is 2.43 bits per heavy atom. The number of pyridine rings is 1. The largest absolute Gasteiger partial charge is 0.489 e. The van der Waals surface area contributed by atoms with Crippen LogP contribution in [0.4, 0.5) is 14.5 Å². The van der Waals surface area contributed by atoms with E-state index in [2.05, 4.69) is 32.1 Å². The first-order valence-corrected chi connectivity index (χ1v) is 17.3. The van der Waals surface area contributed by atoms with Crippen molar-refractivity contribution in [3.8, 4) is 40.3 Å². The average Bonchev–Trinajstić information content (AvgIpc) is 3.16. The first-order chi connectivity index (χ1) is 25.8. The Labute approximate surface area is 303 Å². The van der Waals surface area contributed by atoms with Crippen molar-refractivity contribution in [2.45, 2.75) is 13.3 Å². The fourth-order valence-electron chi connectivity index (χ4n) is 6.15. The number of amides is 1. The Hall–Kier alpha value is -5.80. The molecule has 0 atom stereocenters. The van der Waals surface area contributed by atoms with Gasteiger partial charge in [0.25, 0.3) is 11.5 Å². The molecule has 53 heavy (non-hydrogen) atoms. The molecule has 0 spiro atoms. The van der Waals surface area contributed by atoms with Crippen LogP contribution in [-0.2, 0) is 0 Å². The topological polar surface area (TPSA) is 130 Å². The molecule has 1 amide bonds. The van der Waals surface area contributed by atoms with Gasteiger partial charge in [-0.1, -0.05) is 0 Å². The fourth-order valence-corrected chi connectivity index (χ4v) is 6.15. The summed E-state index contributed by atoms with van der Waals surface area (Å²) < 4.78 is 59.9. The number of fused-ring (bicyclic) bond motifs is 3. The van der Waals surface area contributed by atoms with Gasteiger partial charge in [-0.3, -0.25) is 19.1 Å². The zero-order valence-corrected chi connectivity index (χ0v) is 29.3. The van der Waals surface area contributed by atoms with Gasteiger partial charge < -0.3 is 38.8 Å². The summed E-state index contributed by atoms with van der Waals surface area (Å²) in [6, 6.07) is 12.3. The van der Waals surface area contributed by atoms with Gasteiger partial charge in [0.1, 0.15) is 31.1 Å². The number of anilines is 1. The van der Waals surface area contributed by atoms with E-state index in [-0.39, 0.29) is 35.4 Å². The molecule has 2 aliphatic heterocycles. The summed E-state index contributed by atoms with van der Waals surface area (Å²) in [5, 5.41) is 3.03. The molecule has 0 radical (unpaired) electrons. The first-order valence-electron chi connectivity index (χ1n) is 17.3. The lowest BCUT2D eigenvalue weighted by molar-refractivity contribution is 0.102. The third-order valence-electron chi connectivity index (χ3n) is 8.87. The van der Waals surface area contributed by atoms with Gasteiger partial charge in [-0.2, -0.15) is 0 Å². The zero-order chi connectivity index (χ0) is 36.9. The second-order valence-electron chi connectivity index (χ2n) is 12.5. The van der Waals surface area contributed by atoms with Crippen molar-refractivity contribution in [3.05, 3.63) is 94.7 Å². The van der Waals surface area contributed by atoms with Crippen LogP contribution in [0.1, 0.15) is 23.7 Å². The number of likely N-dealkylation sites (N-methyl/N-ethyl adjacent to an activating group) is 1. The maximum atomic E-state index is 15.6. The molecule has 2 aliphatic rings. The minimum Gasteiger partial charge on any atom is -0.489 e. The number of ether oxygens (including phenoxy) is 5. The second-order valence-corrected chi connectivity index (χ2v) is 12.5. The number of rotatable bonds is 12. The highest BCUT2D eigenvalue weighted by atomic mass is 19.1. The van der Waals surface area contributed by atoms with Crippen LogP contribution in [0, 0.1) is 11.6 Å². The molecule has 7 rings (SSSR count). The van der Waals surface area contributed by atoms with Crippen molar-refractivity contribution in [1.82, 2.24) is 24.3 Å². The molecule has 0 bridgehead atoms. The second kappa shape index (κ2) is 15.8. The Balaban J connectivity index is 1.09. The summed E-state index contributed by atoms with van der Waals surface area (Å²) >= 11 is 0. The molecular formula is C38H38F2N6O7. The number of hydrogen-bond acceptors (Lipinski definition) is 11. The minimum absolute atomic E-state index is 0.0435. The lowest BCUT2D eigenvalue weighted by Crippen LogP contribution is -2.44. The Morgan fingerprint density at radius 1 is 0.906 bits per heavy atom. The zero-order valence-electron chi connectivity index (χ0n) is 29.3. The van der Waals surface area contributed by atoms with Crippen molar-refractivity contribution in [2.24, 2.45) is 0 Å². The third kappa shape index (κ3) is 7.85. The molecule has 276 valence electrons. The molecule has 1 saturated heterocycles. The van der Waals surface area contributed by atoms with E-state index < -0.39 is 28.7 Å². The number of carbonyl (C=O) groups excluding carboxylic acids is 1. The predicted octanol–water partition coefficient (Wildman–Crippen LogP) is 5.29. The summed E-state index contributed by atoms with van der Waals surface area (Å²) in [5.41, 5.74) is -0.324. The lowest BCUT2D eigenvalue weighted by Gasteiger charge is -2.32. The van der Waals surface area contributed by atoms with E-state index in [0.717, 1.165) is 49.8 Å². The smallest absolute Gasteiger partial charge is 0.274 e. The highest BCUT2D eigenvalue weighted by molar-refractivity contribution is 6.05. The molecule has 1 fully saturated rings. The van der Waals surface area contributed by atoms with Gasteiger partial charge in [0.15, 0.2) is 28.6 Å². The van der Waals surface area contributed by atoms with Gasteiger partial charge in [0.2, 0.25) is 11.6 Å². The fraction of sp³-hybridized carbons (Fsp3) is 0.316. The summed E-state index contributed by atoms with van der Waals surface area (Å²) in [5.74, 6) is -0.904. The molecule has 4 heterocycles. The number of nitrogens with zero attached hydrogens (tertiary/aromatic N) is 5. The summed E-state index contributed by atoms with van der Waals surface area (Å²) in [6.45, 7) is 8.02. The number of piperazine rings is 1. The molecule has 15 heteroatoms. The number of halogens is 2. The van der Waals surface area contributed by atoms with E-state index >= 15 is 4.39 Å². The Bertz CT molecular complexity index is 2170. The molecule has 13 nitrogen and oxygen atoms in total. The van der Waals surface area contributed by atoms with Crippen LogP contribution < -0.4 is 34.6 Å². The van der Waals surface area contributed by atoms with Crippen molar-refractivity contribution in [3.63, 3.8) is 0 Å². The molecule has 3 aromatic carbocycles. The maximum Gasteiger partial charge on any atom is 0.274 e. The van der Waals surface area contributed by atoms with Gasteiger partial charge >= 0.3 is 0 Å². The number of carbonyl (C=O) groups is 1. The van der Waals surface area contributed by atoms with Crippen LogP contribution in [-0.4, -0.2) is 96.4 Å². The third-order valence-corrected chi connectivity index (χ3v) is 8.87. The summed E-state index contributed by atoms with van der Waals surface area (Å²) in [7, 11) is 2.13. The van der Waals surface area contributed by atoms with E-state index in [4.69, 9.17) is 23.7 Å². The maximum absolute atomic E-state index is 15.6. The lowest BCUT2D eigenvalue weighted by atomic mass is 10.1. The van der Waals surface area contributed by atoms with E-state index in [1.165, 1.54) is 42.7 Å². The van der Waals surface area contributed by atoms with Gasteiger partial charge in [-0.25, -0.2) is 13.8 Å². The monoisotopic (exact) mass is 728 g/mol. The van der Waals surface area contributed by atoms with Gasteiger partial charge in [-0.05, 0) is 62.9 Å². The van der Waals surface area contributed by atoms with E-state index in [1.807, 2.05) is 0 Å². The highest BCUT2D eigenvalue weighted by Gasteiger charge is 2.26. The molecule has 0 saturated carbocycles. The Kier molecular flexibility index (Phi) is 10.6. The highest BCUT2D eigenvalue weighted by Crippen LogP contribution is 2.48. The van der Waals surface area contributed by atoms with Crippen molar-refractivity contribution in [1.29, 1.82) is 0 Å².